The first kappa shape index (κ1) is 18.3. The molecule has 2 aromatic carbocycles. The van der Waals surface area contributed by atoms with Gasteiger partial charge in [0.05, 0.1) is 35.4 Å². The van der Waals surface area contributed by atoms with Crippen LogP contribution in [0.25, 0.3) is 6.08 Å². The predicted molar refractivity (Wildman–Crippen MR) is 95.3 cm³/mol. The zero-order valence-electron chi connectivity index (χ0n) is 13.5. The van der Waals surface area contributed by atoms with Crippen LogP contribution in [0.15, 0.2) is 42.5 Å². The third-order valence-electron chi connectivity index (χ3n) is 3.28. The number of nitro groups is 1. The molecule has 1 amide bonds. The molecule has 0 fully saturated rings. The van der Waals surface area contributed by atoms with E-state index in [0.29, 0.717) is 27.8 Å². The van der Waals surface area contributed by atoms with E-state index in [4.69, 9.17) is 21.1 Å². The van der Waals surface area contributed by atoms with Gasteiger partial charge in [0.25, 0.3) is 5.69 Å². The van der Waals surface area contributed by atoms with Crippen molar-refractivity contribution in [3.05, 3.63) is 63.2 Å². The molecule has 0 atom stereocenters. The average Bonchev–Trinajstić information content (AvgIpc) is 2.61. The number of rotatable bonds is 6. The number of carbonyl (C=O) groups is 1. The molecular formula is C17H15ClN2O5. The highest BCUT2D eigenvalue weighted by Crippen LogP contribution is 2.35. The molecule has 8 heteroatoms. The number of nitrogens with one attached hydrogen (secondary N) is 1. The summed E-state index contributed by atoms with van der Waals surface area (Å²) in [6.07, 6.45) is 2.57. The Kier molecular flexibility index (Phi) is 5.97. The van der Waals surface area contributed by atoms with Crippen LogP contribution in [-0.4, -0.2) is 25.1 Å². The molecule has 2 rings (SSSR count). The van der Waals surface area contributed by atoms with Crippen molar-refractivity contribution < 1.29 is 19.2 Å². The first-order valence-corrected chi connectivity index (χ1v) is 7.48. The normalized spacial score (nSPS) is 10.5. The van der Waals surface area contributed by atoms with Crippen LogP contribution in [-0.2, 0) is 4.79 Å². The van der Waals surface area contributed by atoms with E-state index in [1.807, 2.05) is 0 Å². The summed E-state index contributed by atoms with van der Waals surface area (Å²) >= 11 is 6.01. The Morgan fingerprint density at radius 2 is 1.88 bits per heavy atom. The highest BCUT2D eigenvalue weighted by Gasteiger charge is 2.13. The summed E-state index contributed by atoms with van der Waals surface area (Å²) in [6.45, 7) is 0. The number of para-hydroxylation sites is 1. The van der Waals surface area contributed by atoms with Gasteiger partial charge in [0.15, 0.2) is 0 Å². The highest BCUT2D eigenvalue weighted by atomic mass is 35.5. The molecule has 0 radical (unpaired) electrons. The second kappa shape index (κ2) is 8.16. The van der Waals surface area contributed by atoms with E-state index in [1.54, 1.807) is 18.2 Å². The van der Waals surface area contributed by atoms with Gasteiger partial charge in [-0.25, -0.2) is 0 Å². The van der Waals surface area contributed by atoms with Crippen molar-refractivity contribution in [2.24, 2.45) is 0 Å². The zero-order chi connectivity index (χ0) is 18.4. The number of hydrogen-bond acceptors (Lipinski definition) is 5. The van der Waals surface area contributed by atoms with Crippen molar-refractivity contribution in [1.29, 1.82) is 0 Å². The number of amides is 1. The minimum absolute atomic E-state index is 0.0858. The standard InChI is InChI=1S/C17H15ClN2O5/c1-24-15-10-13(16(25-2)9-12(15)18)19-17(21)8-7-11-5-3-4-6-14(11)20(22)23/h3-10H,1-2H3,(H,19,21). The minimum atomic E-state index is -0.509. The number of nitro benzene ring substituents is 1. The number of carbonyl (C=O) groups excluding carboxylic acids is 1. The van der Waals surface area contributed by atoms with Gasteiger partial charge >= 0.3 is 0 Å². The number of anilines is 1. The first-order chi connectivity index (χ1) is 12.0. The van der Waals surface area contributed by atoms with Crippen molar-refractivity contribution in [3.8, 4) is 11.5 Å². The fourth-order valence-electron chi connectivity index (χ4n) is 2.09. The SMILES string of the molecule is COc1cc(NC(=O)C=Cc2ccccc2[N+](=O)[O-])c(OC)cc1Cl. The van der Waals surface area contributed by atoms with Gasteiger partial charge in [0.1, 0.15) is 11.5 Å². The number of hydrogen-bond donors (Lipinski definition) is 1. The third kappa shape index (κ3) is 4.48. The molecule has 0 bridgehead atoms. The van der Waals surface area contributed by atoms with Gasteiger partial charge in [-0.3, -0.25) is 14.9 Å². The molecular weight excluding hydrogens is 348 g/mol. The van der Waals surface area contributed by atoms with Crippen molar-refractivity contribution in [3.63, 3.8) is 0 Å². The van der Waals surface area contributed by atoms with E-state index >= 15 is 0 Å². The lowest BCUT2D eigenvalue weighted by molar-refractivity contribution is -0.385. The molecule has 0 saturated heterocycles. The number of benzene rings is 2. The molecule has 7 nitrogen and oxygen atoms in total. The molecule has 130 valence electrons. The predicted octanol–water partition coefficient (Wildman–Crippen LogP) is 3.92. The molecule has 25 heavy (non-hydrogen) atoms. The smallest absolute Gasteiger partial charge is 0.276 e. The van der Waals surface area contributed by atoms with E-state index in [2.05, 4.69) is 5.32 Å². The van der Waals surface area contributed by atoms with Crippen LogP contribution >= 0.6 is 11.6 Å². The van der Waals surface area contributed by atoms with Gasteiger partial charge in [0, 0.05) is 24.3 Å². The molecule has 0 heterocycles. The monoisotopic (exact) mass is 362 g/mol. The number of methoxy groups -OCH3 is 2. The van der Waals surface area contributed by atoms with Gasteiger partial charge in [0.2, 0.25) is 5.91 Å². The summed E-state index contributed by atoms with van der Waals surface area (Å²) in [6, 6.07) is 9.16. The summed E-state index contributed by atoms with van der Waals surface area (Å²) < 4.78 is 10.3. The summed E-state index contributed by atoms with van der Waals surface area (Å²) in [5.74, 6) is 0.250. The molecule has 0 aliphatic rings. The maximum atomic E-state index is 12.1. The Morgan fingerprint density at radius 1 is 1.20 bits per heavy atom. The van der Waals surface area contributed by atoms with Crippen LogP contribution in [0.1, 0.15) is 5.56 Å². The largest absolute Gasteiger partial charge is 0.495 e. The fourth-order valence-corrected chi connectivity index (χ4v) is 2.32. The van der Waals surface area contributed by atoms with Gasteiger partial charge in [-0.05, 0) is 12.1 Å². The van der Waals surface area contributed by atoms with E-state index < -0.39 is 10.8 Å². The van der Waals surface area contributed by atoms with Crippen molar-refractivity contribution in [2.45, 2.75) is 0 Å². The minimum Gasteiger partial charge on any atom is -0.495 e. The van der Waals surface area contributed by atoms with Gasteiger partial charge < -0.3 is 14.8 Å². The van der Waals surface area contributed by atoms with Gasteiger partial charge in [-0.1, -0.05) is 23.7 Å². The second-order valence-corrected chi connectivity index (χ2v) is 5.23. The Bertz CT molecular complexity index is 836. The third-order valence-corrected chi connectivity index (χ3v) is 3.57. The summed E-state index contributed by atoms with van der Waals surface area (Å²) in [7, 11) is 2.89. The maximum Gasteiger partial charge on any atom is 0.276 e. The van der Waals surface area contributed by atoms with Crippen LogP contribution in [0.4, 0.5) is 11.4 Å². The van der Waals surface area contributed by atoms with Crippen LogP contribution in [0.5, 0.6) is 11.5 Å². The van der Waals surface area contributed by atoms with E-state index in [9.17, 15) is 14.9 Å². The Hall–Kier alpha value is -3.06. The highest BCUT2D eigenvalue weighted by molar-refractivity contribution is 6.32. The number of nitrogens with zero attached hydrogens (tertiary/aromatic N) is 1. The van der Waals surface area contributed by atoms with Gasteiger partial charge in [-0.15, -0.1) is 0 Å². The lowest BCUT2D eigenvalue weighted by Gasteiger charge is -2.12. The topological polar surface area (TPSA) is 90.7 Å². The lowest BCUT2D eigenvalue weighted by atomic mass is 10.1. The van der Waals surface area contributed by atoms with Crippen molar-refractivity contribution >= 4 is 35.0 Å². The lowest BCUT2D eigenvalue weighted by Crippen LogP contribution is -2.09. The van der Waals surface area contributed by atoms with Crippen LogP contribution < -0.4 is 14.8 Å². The summed E-state index contributed by atoms with van der Waals surface area (Å²) in [5.41, 5.74) is 0.599. The molecule has 0 spiro atoms. The van der Waals surface area contributed by atoms with E-state index in [0.717, 1.165) is 0 Å². The molecule has 0 aliphatic heterocycles. The quantitative estimate of drug-likeness (QED) is 0.478. The molecule has 0 aromatic heterocycles. The fraction of sp³-hybridized carbons (Fsp3) is 0.118. The Labute approximate surface area is 149 Å². The van der Waals surface area contributed by atoms with Crippen molar-refractivity contribution in [2.75, 3.05) is 19.5 Å². The van der Waals surface area contributed by atoms with Crippen LogP contribution in [0.2, 0.25) is 5.02 Å². The van der Waals surface area contributed by atoms with Gasteiger partial charge in [-0.2, -0.15) is 0 Å². The van der Waals surface area contributed by atoms with E-state index in [1.165, 1.54) is 44.6 Å². The van der Waals surface area contributed by atoms with E-state index in [-0.39, 0.29) is 5.69 Å². The first-order valence-electron chi connectivity index (χ1n) is 7.10. The second-order valence-electron chi connectivity index (χ2n) is 4.83. The average molecular weight is 363 g/mol. The Morgan fingerprint density at radius 3 is 2.52 bits per heavy atom. The number of halogens is 1. The molecule has 0 saturated carbocycles. The maximum absolute atomic E-state index is 12.1. The van der Waals surface area contributed by atoms with Crippen molar-refractivity contribution in [1.82, 2.24) is 0 Å². The van der Waals surface area contributed by atoms with Crippen LogP contribution in [0.3, 0.4) is 0 Å². The zero-order valence-corrected chi connectivity index (χ0v) is 14.2. The number of ether oxygens (including phenoxy) is 2. The molecule has 1 N–H and O–H groups in total. The summed E-state index contributed by atoms with van der Waals surface area (Å²) in [5, 5.41) is 13.9. The van der Waals surface area contributed by atoms with Crippen LogP contribution in [0, 0.1) is 10.1 Å². The molecule has 0 aliphatic carbocycles. The molecule has 0 unspecified atom stereocenters. The Balaban J connectivity index is 2.22. The summed E-state index contributed by atoms with van der Waals surface area (Å²) in [4.78, 5) is 22.6. The molecule has 2 aromatic rings.